The Labute approximate surface area is 109 Å². The second kappa shape index (κ2) is 5.11. The fourth-order valence-corrected chi connectivity index (χ4v) is 1.85. The lowest BCUT2D eigenvalue weighted by Gasteiger charge is -2.10. The molecule has 1 unspecified atom stereocenters. The Morgan fingerprint density at radius 3 is 2.42 bits per heavy atom. The maximum absolute atomic E-state index is 11.8. The number of rotatable bonds is 4. The third-order valence-electron chi connectivity index (χ3n) is 2.94. The van der Waals surface area contributed by atoms with E-state index >= 15 is 0 Å². The van der Waals surface area contributed by atoms with E-state index in [1.807, 2.05) is 0 Å². The number of imidazole rings is 1. The lowest BCUT2D eigenvalue weighted by atomic mass is 10.0. The van der Waals surface area contributed by atoms with Gasteiger partial charge in [0.2, 0.25) is 0 Å². The molecule has 19 heavy (non-hydrogen) atoms. The summed E-state index contributed by atoms with van der Waals surface area (Å²) in [5, 5.41) is 8.69. The first-order valence-electron chi connectivity index (χ1n) is 5.80. The SMILES string of the molecule is Cn1ccn(-c2ccc(C(N)CC(=O)O)cc2)c1=O. The quantitative estimate of drug-likeness (QED) is 0.845. The molecule has 0 radical (unpaired) electrons. The van der Waals surface area contributed by atoms with Gasteiger partial charge in [-0.2, -0.15) is 0 Å². The zero-order chi connectivity index (χ0) is 14.0. The number of carbonyl (C=O) groups is 1. The smallest absolute Gasteiger partial charge is 0.332 e. The van der Waals surface area contributed by atoms with Gasteiger partial charge in [-0.1, -0.05) is 12.1 Å². The van der Waals surface area contributed by atoms with Crippen LogP contribution in [0.25, 0.3) is 5.69 Å². The highest BCUT2D eigenvalue weighted by Gasteiger charge is 2.11. The van der Waals surface area contributed by atoms with Gasteiger partial charge in [-0.25, -0.2) is 4.79 Å². The average Bonchev–Trinajstić information content (AvgIpc) is 2.69. The molecule has 0 aliphatic carbocycles. The van der Waals surface area contributed by atoms with Crippen molar-refractivity contribution in [1.82, 2.24) is 9.13 Å². The number of aliphatic carboxylic acids is 1. The van der Waals surface area contributed by atoms with Gasteiger partial charge in [0.1, 0.15) is 0 Å². The number of nitrogens with zero attached hydrogens (tertiary/aromatic N) is 2. The van der Waals surface area contributed by atoms with Crippen molar-refractivity contribution in [2.45, 2.75) is 12.5 Å². The molecule has 100 valence electrons. The van der Waals surface area contributed by atoms with Gasteiger partial charge in [0.15, 0.2) is 0 Å². The molecule has 0 aliphatic rings. The van der Waals surface area contributed by atoms with Gasteiger partial charge < -0.3 is 15.4 Å². The highest BCUT2D eigenvalue weighted by molar-refractivity contribution is 5.67. The molecule has 1 aromatic carbocycles. The summed E-state index contributed by atoms with van der Waals surface area (Å²) in [6.45, 7) is 0. The molecule has 0 fully saturated rings. The van der Waals surface area contributed by atoms with Crippen LogP contribution in [0.5, 0.6) is 0 Å². The van der Waals surface area contributed by atoms with Crippen LogP contribution in [0, 0.1) is 0 Å². The van der Waals surface area contributed by atoms with Crippen LogP contribution < -0.4 is 11.4 Å². The van der Waals surface area contributed by atoms with Crippen LogP contribution in [0.2, 0.25) is 0 Å². The first kappa shape index (κ1) is 13.1. The van der Waals surface area contributed by atoms with Crippen molar-refractivity contribution < 1.29 is 9.90 Å². The number of carboxylic acids is 1. The summed E-state index contributed by atoms with van der Waals surface area (Å²) in [6, 6.07) is 6.43. The Balaban J connectivity index is 2.26. The van der Waals surface area contributed by atoms with Gasteiger partial charge in [0.25, 0.3) is 0 Å². The minimum absolute atomic E-state index is 0.120. The van der Waals surface area contributed by atoms with E-state index in [2.05, 4.69) is 0 Å². The van der Waals surface area contributed by atoms with E-state index in [9.17, 15) is 9.59 Å². The van der Waals surface area contributed by atoms with Crippen LogP contribution in [-0.4, -0.2) is 20.2 Å². The largest absolute Gasteiger partial charge is 0.481 e. The average molecular weight is 261 g/mol. The summed E-state index contributed by atoms with van der Waals surface area (Å²) in [7, 11) is 1.68. The molecule has 6 heteroatoms. The molecule has 1 heterocycles. The molecule has 1 aromatic heterocycles. The van der Waals surface area contributed by atoms with Crippen LogP contribution in [0.1, 0.15) is 18.0 Å². The number of hydrogen-bond donors (Lipinski definition) is 2. The number of hydrogen-bond acceptors (Lipinski definition) is 3. The third kappa shape index (κ3) is 2.74. The summed E-state index contributed by atoms with van der Waals surface area (Å²) >= 11 is 0. The predicted molar refractivity (Wildman–Crippen MR) is 70.2 cm³/mol. The summed E-state index contributed by atoms with van der Waals surface area (Å²) in [5.41, 5.74) is 7.08. The molecule has 2 aromatic rings. The summed E-state index contributed by atoms with van der Waals surface area (Å²) < 4.78 is 2.98. The molecule has 3 N–H and O–H groups in total. The van der Waals surface area contributed by atoms with Crippen molar-refractivity contribution in [2.75, 3.05) is 0 Å². The van der Waals surface area contributed by atoms with E-state index in [0.29, 0.717) is 0 Å². The fourth-order valence-electron chi connectivity index (χ4n) is 1.85. The van der Waals surface area contributed by atoms with E-state index in [1.54, 1.807) is 43.7 Å². The minimum Gasteiger partial charge on any atom is -0.481 e. The molecule has 0 aliphatic heterocycles. The molecule has 0 amide bonds. The molecule has 0 saturated heterocycles. The molecular weight excluding hydrogens is 246 g/mol. The molecule has 0 spiro atoms. The van der Waals surface area contributed by atoms with E-state index < -0.39 is 12.0 Å². The number of aryl methyl sites for hydroxylation is 1. The van der Waals surface area contributed by atoms with E-state index in [-0.39, 0.29) is 12.1 Å². The van der Waals surface area contributed by atoms with Gasteiger partial charge in [-0.3, -0.25) is 9.36 Å². The number of benzene rings is 1. The Morgan fingerprint density at radius 1 is 1.32 bits per heavy atom. The van der Waals surface area contributed by atoms with Crippen LogP contribution in [0.15, 0.2) is 41.5 Å². The Hall–Kier alpha value is -2.34. The van der Waals surface area contributed by atoms with Crippen molar-refractivity contribution >= 4 is 5.97 Å². The third-order valence-corrected chi connectivity index (χ3v) is 2.94. The fraction of sp³-hybridized carbons (Fsp3) is 0.231. The topological polar surface area (TPSA) is 90.2 Å². The van der Waals surface area contributed by atoms with Crippen molar-refractivity contribution in [3.63, 3.8) is 0 Å². The van der Waals surface area contributed by atoms with Crippen LogP contribution in [-0.2, 0) is 11.8 Å². The van der Waals surface area contributed by atoms with Crippen LogP contribution in [0.4, 0.5) is 0 Å². The number of aromatic nitrogens is 2. The predicted octanol–water partition coefficient (Wildman–Crippen LogP) is 0.650. The second-order valence-electron chi connectivity index (χ2n) is 4.36. The monoisotopic (exact) mass is 261 g/mol. The van der Waals surface area contributed by atoms with E-state index in [1.165, 1.54) is 9.13 Å². The Kier molecular flexibility index (Phi) is 3.52. The van der Waals surface area contributed by atoms with Gasteiger partial charge in [-0.15, -0.1) is 0 Å². The molecule has 0 saturated carbocycles. The summed E-state index contributed by atoms with van der Waals surface area (Å²) in [6.07, 6.45) is 3.23. The minimum atomic E-state index is -0.934. The molecular formula is C13H15N3O3. The highest BCUT2D eigenvalue weighted by atomic mass is 16.4. The number of nitrogens with two attached hydrogens (primary N) is 1. The van der Waals surface area contributed by atoms with Gasteiger partial charge in [-0.05, 0) is 17.7 Å². The highest BCUT2D eigenvalue weighted by Crippen LogP contribution is 2.16. The first-order valence-corrected chi connectivity index (χ1v) is 5.80. The van der Waals surface area contributed by atoms with E-state index in [4.69, 9.17) is 10.8 Å². The Morgan fingerprint density at radius 2 is 1.95 bits per heavy atom. The first-order chi connectivity index (χ1) is 8.99. The molecule has 0 bridgehead atoms. The maximum Gasteiger partial charge on any atom is 0.332 e. The van der Waals surface area contributed by atoms with E-state index in [0.717, 1.165) is 11.3 Å². The summed E-state index contributed by atoms with van der Waals surface area (Å²) in [4.78, 5) is 22.3. The standard InChI is InChI=1S/C13H15N3O3/c1-15-6-7-16(13(15)19)10-4-2-9(3-5-10)11(14)8-12(17)18/h2-7,11H,8,14H2,1H3,(H,17,18). The number of carboxylic acid groups (broad SMARTS) is 1. The molecule has 6 nitrogen and oxygen atoms in total. The lowest BCUT2D eigenvalue weighted by molar-refractivity contribution is -0.137. The van der Waals surface area contributed by atoms with Crippen molar-refractivity contribution in [3.05, 3.63) is 52.7 Å². The van der Waals surface area contributed by atoms with Gasteiger partial charge in [0.05, 0.1) is 12.1 Å². The molecule has 2 rings (SSSR count). The van der Waals surface area contributed by atoms with Crippen LogP contribution >= 0.6 is 0 Å². The molecule has 1 atom stereocenters. The van der Waals surface area contributed by atoms with Crippen molar-refractivity contribution in [3.8, 4) is 5.69 Å². The Bertz CT molecular complexity index is 640. The van der Waals surface area contributed by atoms with Gasteiger partial charge in [0, 0.05) is 25.5 Å². The van der Waals surface area contributed by atoms with Crippen molar-refractivity contribution in [1.29, 1.82) is 0 Å². The summed E-state index contributed by atoms with van der Waals surface area (Å²) in [5.74, 6) is -0.934. The van der Waals surface area contributed by atoms with Crippen LogP contribution in [0.3, 0.4) is 0 Å². The second-order valence-corrected chi connectivity index (χ2v) is 4.36. The van der Waals surface area contributed by atoms with Gasteiger partial charge >= 0.3 is 11.7 Å². The van der Waals surface area contributed by atoms with Crippen molar-refractivity contribution in [2.24, 2.45) is 12.8 Å². The zero-order valence-electron chi connectivity index (χ0n) is 10.5. The normalized spacial score (nSPS) is 12.3. The maximum atomic E-state index is 11.8. The zero-order valence-corrected chi connectivity index (χ0v) is 10.5. The lowest BCUT2D eigenvalue weighted by Crippen LogP contribution is -2.20.